The molecule has 0 amide bonds. The first-order valence-electron chi connectivity index (χ1n) is 7.45. The molecule has 0 aliphatic rings. The number of nitrogens with one attached hydrogen (secondary N) is 1. The number of benzene rings is 1. The summed E-state index contributed by atoms with van der Waals surface area (Å²) in [5, 5.41) is 4.53. The molecule has 19 heavy (non-hydrogen) atoms. The molecule has 1 rings (SSSR count). The van der Waals surface area contributed by atoms with Crippen molar-refractivity contribution in [2.24, 2.45) is 11.8 Å². The highest BCUT2D eigenvalue weighted by molar-refractivity contribution is 6.30. The molecule has 1 aromatic carbocycles. The molecule has 0 bridgehead atoms. The third kappa shape index (κ3) is 7.59. The zero-order valence-electron chi connectivity index (χ0n) is 12.7. The summed E-state index contributed by atoms with van der Waals surface area (Å²) in [5.74, 6) is 1.51. The van der Waals surface area contributed by atoms with Gasteiger partial charge in [-0.2, -0.15) is 0 Å². The Morgan fingerprint density at radius 1 is 0.947 bits per heavy atom. The summed E-state index contributed by atoms with van der Waals surface area (Å²) in [6.45, 7) is 10.2. The lowest BCUT2D eigenvalue weighted by Gasteiger charge is -2.22. The van der Waals surface area contributed by atoms with Crippen LogP contribution < -0.4 is 5.32 Å². The van der Waals surface area contributed by atoms with Crippen LogP contribution in [-0.2, 0) is 6.42 Å². The largest absolute Gasteiger partial charge is 0.314 e. The molecule has 0 saturated carbocycles. The zero-order valence-corrected chi connectivity index (χ0v) is 13.5. The third-order valence-electron chi connectivity index (χ3n) is 3.27. The predicted molar refractivity (Wildman–Crippen MR) is 85.9 cm³/mol. The zero-order chi connectivity index (χ0) is 14.3. The molecule has 2 heteroatoms. The molecule has 0 spiro atoms. The standard InChI is InChI=1S/C17H28ClN/c1-13(2)11-17(12-14(3)4)19-10-9-15-5-7-16(18)8-6-15/h5-8,13-14,17,19H,9-12H2,1-4H3. The maximum absolute atomic E-state index is 5.90. The average molecular weight is 282 g/mol. The van der Waals surface area contributed by atoms with Gasteiger partial charge in [0, 0.05) is 11.1 Å². The number of hydrogen-bond acceptors (Lipinski definition) is 1. The van der Waals surface area contributed by atoms with Crippen molar-refractivity contribution >= 4 is 11.6 Å². The molecule has 1 N–H and O–H groups in total. The number of hydrogen-bond donors (Lipinski definition) is 1. The van der Waals surface area contributed by atoms with Crippen LogP contribution >= 0.6 is 11.6 Å². The van der Waals surface area contributed by atoms with E-state index in [-0.39, 0.29) is 0 Å². The second-order valence-electron chi connectivity index (χ2n) is 6.29. The molecule has 0 atom stereocenters. The third-order valence-corrected chi connectivity index (χ3v) is 3.52. The highest BCUT2D eigenvalue weighted by atomic mass is 35.5. The van der Waals surface area contributed by atoms with Crippen molar-refractivity contribution in [3.05, 3.63) is 34.9 Å². The van der Waals surface area contributed by atoms with E-state index in [1.807, 2.05) is 12.1 Å². The van der Waals surface area contributed by atoms with Gasteiger partial charge in [0.2, 0.25) is 0 Å². The highest BCUT2D eigenvalue weighted by Crippen LogP contribution is 2.14. The Morgan fingerprint density at radius 3 is 1.95 bits per heavy atom. The van der Waals surface area contributed by atoms with Gasteiger partial charge in [-0.05, 0) is 55.3 Å². The molecule has 0 fully saturated rings. The molecular formula is C17H28ClN. The molecule has 1 nitrogen and oxygen atoms in total. The smallest absolute Gasteiger partial charge is 0.0406 e. The molecule has 0 heterocycles. The van der Waals surface area contributed by atoms with Gasteiger partial charge in [-0.25, -0.2) is 0 Å². The Hall–Kier alpha value is -0.530. The molecule has 1 aromatic rings. The van der Waals surface area contributed by atoms with Gasteiger partial charge in [-0.15, -0.1) is 0 Å². The fraction of sp³-hybridized carbons (Fsp3) is 0.647. The second-order valence-corrected chi connectivity index (χ2v) is 6.72. The van der Waals surface area contributed by atoms with Gasteiger partial charge < -0.3 is 5.32 Å². The van der Waals surface area contributed by atoms with Gasteiger partial charge in [0.25, 0.3) is 0 Å². The maximum atomic E-state index is 5.90. The SMILES string of the molecule is CC(C)CC(CC(C)C)NCCc1ccc(Cl)cc1. The summed E-state index contributed by atoms with van der Waals surface area (Å²) in [6.07, 6.45) is 3.60. The van der Waals surface area contributed by atoms with E-state index in [4.69, 9.17) is 11.6 Å². The molecule has 0 radical (unpaired) electrons. The lowest BCUT2D eigenvalue weighted by atomic mass is 9.95. The molecule has 0 unspecified atom stereocenters. The van der Waals surface area contributed by atoms with Crippen LogP contribution in [0.15, 0.2) is 24.3 Å². The Balaban J connectivity index is 2.36. The van der Waals surface area contributed by atoms with Crippen molar-refractivity contribution in [1.29, 1.82) is 0 Å². The predicted octanol–water partition coefficient (Wildman–Crippen LogP) is 4.93. The normalized spacial score (nSPS) is 11.8. The van der Waals surface area contributed by atoms with Crippen molar-refractivity contribution in [3.8, 4) is 0 Å². The summed E-state index contributed by atoms with van der Waals surface area (Å²) < 4.78 is 0. The Labute approximate surface area is 123 Å². The quantitative estimate of drug-likeness (QED) is 0.712. The van der Waals surface area contributed by atoms with Crippen LogP contribution in [0.2, 0.25) is 5.02 Å². The van der Waals surface area contributed by atoms with Crippen molar-refractivity contribution < 1.29 is 0 Å². The van der Waals surface area contributed by atoms with Crippen LogP contribution in [0.25, 0.3) is 0 Å². The Morgan fingerprint density at radius 2 is 1.47 bits per heavy atom. The van der Waals surface area contributed by atoms with Gasteiger partial charge in [0.05, 0.1) is 0 Å². The minimum Gasteiger partial charge on any atom is -0.314 e. The van der Waals surface area contributed by atoms with E-state index in [1.165, 1.54) is 18.4 Å². The fourth-order valence-corrected chi connectivity index (χ4v) is 2.60. The van der Waals surface area contributed by atoms with Gasteiger partial charge in [-0.3, -0.25) is 0 Å². The van der Waals surface area contributed by atoms with Crippen molar-refractivity contribution in [3.63, 3.8) is 0 Å². The lowest BCUT2D eigenvalue weighted by Crippen LogP contribution is -2.33. The minimum atomic E-state index is 0.646. The average Bonchev–Trinajstić information content (AvgIpc) is 2.30. The van der Waals surface area contributed by atoms with Crippen LogP contribution in [0.5, 0.6) is 0 Å². The topological polar surface area (TPSA) is 12.0 Å². The van der Waals surface area contributed by atoms with Crippen molar-refractivity contribution in [2.75, 3.05) is 6.54 Å². The lowest BCUT2D eigenvalue weighted by molar-refractivity contribution is 0.361. The first-order valence-corrected chi connectivity index (χ1v) is 7.83. The van der Waals surface area contributed by atoms with Gasteiger partial charge in [-0.1, -0.05) is 51.4 Å². The second kappa shape index (κ2) is 8.60. The van der Waals surface area contributed by atoms with E-state index < -0.39 is 0 Å². The van der Waals surface area contributed by atoms with E-state index in [0.717, 1.165) is 29.8 Å². The van der Waals surface area contributed by atoms with Crippen LogP contribution in [0.1, 0.15) is 46.1 Å². The Bertz CT molecular complexity index is 333. The number of halogens is 1. The van der Waals surface area contributed by atoms with Crippen LogP contribution in [0, 0.1) is 11.8 Å². The maximum Gasteiger partial charge on any atom is 0.0406 e. The van der Waals surface area contributed by atoms with Crippen LogP contribution in [0.3, 0.4) is 0 Å². The van der Waals surface area contributed by atoms with Crippen LogP contribution in [0.4, 0.5) is 0 Å². The summed E-state index contributed by atoms with van der Waals surface area (Å²) in [4.78, 5) is 0. The Kier molecular flexibility index (Phi) is 7.48. The molecule has 108 valence electrons. The summed E-state index contributed by atoms with van der Waals surface area (Å²) in [6, 6.07) is 8.81. The molecular weight excluding hydrogens is 254 g/mol. The van der Waals surface area contributed by atoms with E-state index in [1.54, 1.807) is 0 Å². The van der Waals surface area contributed by atoms with Gasteiger partial charge >= 0.3 is 0 Å². The first kappa shape index (κ1) is 16.5. The van der Waals surface area contributed by atoms with Crippen LogP contribution in [-0.4, -0.2) is 12.6 Å². The van der Waals surface area contributed by atoms with E-state index >= 15 is 0 Å². The summed E-state index contributed by atoms with van der Waals surface area (Å²) in [5.41, 5.74) is 1.35. The van der Waals surface area contributed by atoms with Gasteiger partial charge in [0.15, 0.2) is 0 Å². The highest BCUT2D eigenvalue weighted by Gasteiger charge is 2.11. The fourth-order valence-electron chi connectivity index (χ4n) is 2.47. The minimum absolute atomic E-state index is 0.646. The van der Waals surface area contributed by atoms with E-state index in [2.05, 4.69) is 45.1 Å². The number of rotatable bonds is 8. The van der Waals surface area contributed by atoms with Gasteiger partial charge in [0.1, 0.15) is 0 Å². The molecule has 0 saturated heterocycles. The molecule has 0 aromatic heterocycles. The molecule has 0 aliphatic heterocycles. The summed E-state index contributed by atoms with van der Waals surface area (Å²) >= 11 is 5.90. The van der Waals surface area contributed by atoms with Crippen molar-refractivity contribution in [1.82, 2.24) is 5.32 Å². The summed E-state index contributed by atoms with van der Waals surface area (Å²) in [7, 11) is 0. The van der Waals surface area contributed by atoms with E-state index in [9.17, 15) is 0 Å². The monoisotopic (exact) mass is 281 g/mol. The molecule has 0 aliphatic carbocycles. The van der Waals surface area contributed by atoms with E-state index in [0.29, 0.717) is 6.04 Å². The first-order chi connectivity index (χ1) is 8.97. The van der Waals surface area contributed by atoms with Crippen molar-refractivity contribution in [2.45, 2.75) is 53.0 Å².